The lowest BCUT2D eigenvalue weighted by atomic mass is 9.93. The lowest BCUT2D eigenvalue weighted by molar-refractivity contribution is -0.113. The Morgan fingerprint density at radius 3 is 2.38 bits per heavy atom. The number of fused-ring (bicyclic) bond motifs is 1. The van der Waals surface area contributed by atoms with Crippen molar-refractivity contribution in [3.8, 4) is 5.75 Å². The fraction of sp³-hybridized carbons (Fsp3) is 0.158. The van der Waals surface area contributed by atoms with Crippen LogP contribution in [0.4, 0.5) is 5.69 Å². The summed E-state index contributed by atoms with van der Waals surface area (Å²) in [6.45, 7) is 6.28. The number of amides is 1. The number of aromatic nitrogens is 1. The third-order valence-electron chi connectivity index (χ3n) is 7.97. The average Bonchev–Trinajstić information content (AvgIpc) is 3.37. The van der Waals surface area contributed by atoms with E-state index in [0.717, 1.165) is 16.7 Å². The molecule has 0 spiro atoms. The number of anilines is 1. The first-order valence-electron chi connectivity index (χ1n) is 15.2. The van der Waals surface area contributed by atoms with E-state index in [9.17, 15) is 19.5 Å². The number of thiazole rings is 1. The molecule has 2 heterocycles. The molecule has 0 aliphatic carbocycles. The van der Waals surface area contributed by atoms with Crippen LogP contribution in [0, 0.1) is 0 Å². The first-order valence-corrected chi connectivity index (χ1v) is 16.0. The van der Waals surface area contributed by atoms with Crippen molar-refractivity contribution in [1.29, 1.82) is 0 Å². The first kappa shape index (κ1) is 31.4. The Bertz CT molecular complexity index is 2160. The van der Waals surface area contributed by atoms with E-state index >= 15 is 0 Å². The number of allylic oxidation sites excluding steroid dienone is 1. The SMILES string of the molecule is CC1=C(C(=O)Nc2ccccc2)[C@H](c2ccc(C(C)C)cc2)n2c(s/c(=C\c3ccc(OCc4cccc(C(=O)O)c4)cc3)c2=O)=N1. The Kier molecular flexibility index (Phi) is 8.99. The van der Waals surface area contributed by atoms with Crippen molar-refractivity contribution in [1.82, 2.24) is 4.57 Å². The van der Waals surface area contributed by atoms with E-state index in [1.54, 1.807) is 28.8 Å². The zero-order valence-electron chi connectivity index (χ0n) is 26.1. The lowest BCUT2D eigenvalue weighted by Crippen LogP contribution is -2.40. The zero-order valence-corrected chi connectivity index (χ0v) is 27.0. The second-order valence-electron chi connectivity index (χ2n) is 11.6. The van der Waals surface area contributed by atoms with Gasteiger partial charge in [-0.2, -0.15) is 0 Å². The monoisotopic (exact) mass is 643 g/mol. The largest absolute Gasteiger partial charge is 0.489 e. The minimum atomic E-state index is -0.987. The highest BCUT2D eigenvalue weighted by molar-refractivity contribution is 7.07. The summed E-state index contributed by atoms with van der Waals surface area (Å²) < 4.78 is 7.98. The van der Waals surface area contributed by atoms with Gasteiger partial charge in [0.15, 0.2) is 4.80 Å². The number of nitrogens with one attached hydrogen (secondary N) is 1. The topological polar surface area (TPSA) is 110 Å². The van der Waals surface area contributed by atoms with Crippen molar-refractivity contribution in [2.24, 2.45) is 4.99 Å². The Morgan fingerprint density at radius 1 is 0.979 bits per heavy atom. The Balaban J connectivity index is 1.32. The van der Waals surface area contributed by atoms with Gasteiger partial charge in [0.25, 0.3) is 11.5 Å². The second kappa shape index (κ2) is 13.4. The number of ether oxygens (including phenoxy) is 1. The van der Waals surface area contributed by atoms with Gasteiger partial charge in [-0.05, 0) is 77.6 Å². The number of carbonyl (C=O) groups excluding carboxylic acids is 1. The number of benzene rings is 4. The maximum atomic E-state index is 14.1. The quantitative estimate of drug-likeness (QED) is 0.197. The van der Waals surface area contributed by atoms with Gasteiger partial charge in [-0.3, -0.25) is 14.2 Å². The first-order chi connectivity index (χ1) is 22.7. The van der Waals surface area contributed by atoms with Gasteiger partial charge in [0.1, 0.15) is 12.4 Å². The van der Waals surface area contributed by atoms with E-state index in [1.807, 2.05) is 85.8 Å². The summed E-state index contributed by atoms with van der Waals surface area (Å²) in [6.07, 6.45) is 1.81. The predicted octanol–water partition coefficient (Wildman–Crippen LogP) is 6.27. The Labute approximate surface area is 275 Å². The number of para-hydroxylation sites is 1. The minimum absolute atomic E-state index is 0.205. The van der Waals surface area contributed by atoms with Gasteiger partial charge < -0.3 is 15.2 Å². The predicted molar refractivity (Wildman–Crippen MR) is 184 cm³/mol. The summed E-state index contributed by atoms with van der Waals surface area (Å²) in [5.41, 5.74) is 5.13. The van der Waals surface area contributed by atoms with Crippen LogP contribution in [-0.2, 0) is 11.4 Å². The maximum absolute atomic E-state index is 14.1. The standard InChI is InChI=1S/C38H33N3O5S/c1-23(2)27-14-16-28(17-15-27)34-33(35(42)40-30-10-5-4-6-11-30)24(3)39-38-41(34)36(43)32(47-38)21-25-12-18-31(19-13-25)46-22-26-8-7-9-29(20-26)37(44)45/h4-21,23,34H,22H2,1-3H3,(H,40,42)(H,44,45)/b32-21-/t34-/m0/s1. The van der Waals surface area contributed by atoms with Gasteiger partial charge >= 0.3 is 5.97 Å². The molecule has 1 aromatic heterocycles. The molecular formula is C38H33N3O5S. The summed E-state index contributed by atoms with van der Waals surface area (Å²) in [6, 6.07) is 30.6. The summed E-state index contributed by atoms with van der Waals surface area (Å²) in [4.78, 5) is 44.4. The summed E-state index contributed by atoms with van der Waals surface area (Å²) in [5.74, 6) is -0.350. The second-order valence-corrected chi connectivity index (χ2v) is 12.6. The Hall–Kier alpha value is -5.54. The number of hydrogen-bond donors (Lipinski definition) is 2. The molecule has 0 radical (unpaired) electrons. The van der Waals surface area contributed by atoms with Gasteiger partial charge in [0, 0.05) is 5.69 Å². The van der Waals surface area contributed by atoms with E-state index in [4.69, 9.17) is 9.73 Å². The summed E-state index contributed by atoms with van der Waals surface area (Å²) in [5, 5.41) is 12.2. The van der Waals surface area contributed by atoms with Crippen molar-refractivity contribution in [3.63, 3.8) is 0 Å². The third-order valence-corrected chi connectivity index (χ3v) is 8.96. The molecule has 6 rings (SSSR count). The molecule has 0 saturated heterocycles. The van der Waals surface area contributed by atoms with E-state index in [0.29, 0.717) is 38.0 Å². The number of rotatable bonds is 9. The molecule has 1 aliphatic rings. The van der Waals surface area contributed by atoms with Crippen LogP contribution in [0.25, 0.3) is 6.08 Å². The summed E-state index contributed by atoms with van der Waals surface area (Å²) in [7, 11) is 0. The van der Waals surface area contributed by atoms with Crippen LogP contribution in [0.2, 0.25) is 0 Å². The van der Waals surface area contributed by atoms with Crippen LogP contribution < -0.4 is 24.9 Å². The van der Waals surface area contributed by atoms with Crippen LogP contribution >= 0.6 is 11.3 Å². The third kappa shape index (κ3) is 6.85. The molecule has 236 valence electrons. The Morgan fingerprint density at radius 2 is 1.70 bits per heavy atom. The highest BCUT2D eigenvalue weighted by atomic mass is 32.1. The van der Waals surface area contributed by atoms with Crippen molar-refractivity contribution in [2.75, 3.05) is 5.32 Å². The maximum Gasteiger partial charge on any atom is 0.335 e. The smallest absolute Gasteiger partial charge is 0.335 e. The van der Waals surface area contributed by atoms with Crippen LogP contribution in [0.5, 0.6) is 5.75 Å². The van der Waals surface area contributed by atoms with E-state index in [-0.39, 0.29) is 23.6 Å². The van der Waals surface area contributed by atoms with Crippen molar-refractivity contribution < 1.29 is 19.4 Å². The minimum Gasteiger partial charge on any atom is -0.489 e. The van der Waals surface area contributed by atoms with Crippen LogP contribution in [0.1, 0.15) is 65.3 Å². The van der Waals surface area contributed by atoms with Crippen molar-refractivity contribution in [2.45, 2.75) is 39.3 Å². The van der Waals surface area contributed by atoms with E-state index in [2.05, 4.69) is 19.2 Å². The molecule has 9 heteroatoms. The number of carbonyl (C=O) groups is 2. The molecule has 0 fully saturated rings. The van der Waals surface area contributed by atoms with Crippen LogP contribution in [0.3, 0.4) is 0 Å². The van der Waals surface area contributed by atoms with Crippen LogP contribution in [0.15, 0.2) is 124 Å². The molecule has 2 N–H and O–H groups in total. The van der Waals surface area contributed by atoms with E-state index < -0.39 is 12.0 Å². The van der Waals surface area contributed by atoms with E-state index in [1.165, 1.54) is 23.0 Å². The number of carboxylic acids is 1. The van der Waals surface area contributed by atoms with Gasteiger partial charge in [-0.25, -0.2) is 9.79 Å². The van der Waals surface area contributed by atoms with Gasteiger partial charge in [0.2, 0.25) is 0 Å². The van der Waals surface area contributed by atoms with Crippen molar-refractivity contribution in [3.05, 3.63) is 162 Å². The van der Waals surface area contributed by atoms with Gasteiger partial charge in [0.05, 0.1) is 27.4 Å². The number of carboxylic acid groups (broad SMARTS) is 1. The normalized spacial score (nSPS) is 14.5. The molecule has 0 bridgehead atoms. The van der Waals surface area contributed by atoms with Gasteiger partial charge in [-0.15, -0.1) is 0 Å². The highest BCUT2D eigenvalue weighted by Crippen LogP contribution is 2.31. The molecule has 4 aromatic carbocycles. The molecule has 47 heavy (non-hydrogen) atoms. The molecular weight excluding hydrogens is 611 g/mol. The fourth-order valence-electron chi connectivity index (χ4n) is 5.48. The van der Waals surface area contributed by atoms with Crippen LogP contribution in [-0.4, -0.2) is 21.6 Å². The molecule has 8 nitrogen and oxygen atoms in total. The number of hydrogen-bond acceptors (Lipinski definition) is 6. The molecule has 1 atom stereocenters. The van der Waals surface area contributed by atoms with Gasteiger partial charge in [-0.1, -0.05) is 91.9 Å². The number of nitrogens with zero attached hydrogens (tertiary/aromatic N) is 2. The molecule has 0 saturated carbocycles. The number of aromatic carboxylic acids is 1. The zero-order chi connectivity index (χ0) is 33.1. The molecule has 1 amide bonds. The summed E-state index contributed by atoms with van der Waals surface area (Å²) >= 11 is 1.28. The molecule has 1 aliphatic heterocycles. The van der Waals surface area contributed by atoms with Crippen molar-refractivity contribution >= 4 is 35.0 Å². The molecule has 5 aromatic rings. The fourth-order valence-corrected chi connectivity index (χ4v) is 6.53. The lowest BCUT2D eigenvalue weighted by Gasteiger charge is -2.25. The average molecular weight is 644 g/mol. The molecule has 0 unspecified atom stereocenters. The highest BCUT2D eigenvalue weighted by Gasteiger charge is 2.32.